The molecular weight excluding hydrogens is 252 g/mol. The summed E-state index contributed by atoms with van der Waals surface area (Å²) in [5.74, 6) is 5.61. The van der Waals surface area contributed by atoms with Crippen molar-refractivity contribution >= 4 is 15.9 Å². The van der Waals surface area contributed by atoms with E-state index >= 15 is 0 Å². The average Bonchev–Trinajstić information content (AvgIpc) is 2.10. The van der Waals surface area contributed by atoms with Gasteiger partial charge in [-0.25, -0.2) is 0 Å². The number of benzene rings is 1. The second-order valence-electron chi connectivity index (χ2n) is 4.97. The molecule has 0 heterocycles. The van der Waals surface area contributed by atoms with Crippen LogP contribution in [0.15, 0.2) is 22.7 Å². The van der Waals surface area contributed by atoms with Gasteiger partial charge in [-0.15, -0.1) is 0 Å². The molecule has 0 aliphatic carbocycles. The molecule has 0 radical (unpaired) electrons. The zero-order valence-corrected chi connectivity index (χ0v) is 11.4. The molecule has 0 fully saturated rings. The molecule has 0 saturated carbocycles. The van der Waals surface area contributed by atoms with Gasteiger partial charge in [0.2, 0.25) is 0 Å². The van der Waals surface area contributed by atoms with E-state index in [1.54, 1.807) is 0 Å². The maximum atomic E-state index is 5.61. The molecule has 2 nitrogen and oxygen atoms in total. The molecule has 0 bridgehead atoms. The Morgan fingerprint density at radius 2 is 1.93 bits per heavy atom. The highest BCUT2D eigenvalue weighted by molar-refractivity contribution is 9.10. The van der Waals surface area contributed by atoms with Gasteiger partial charge in [0.25, 0.3) is 0 Å². The van der Waals surface area contributed by atoms with Crippen LogP contribution in [0.1, 0.15) is 37.9 Å². The predicted molar refractivity (Wildman–Crippen MR) is 68.4 cm³/mol. The van der Waals surface area contributed by atoms with Crippen LogP contribution in [0.4, 0.5) is 0 Å². The molecule has 0 aliphatic rings. The Morgan fingerprint density at radius 3 is 2.33 bits per heavy atom. The van der Waals surface area contributed by atoms with E-state index in [2.05, 4.69) is 67.2 Å². The second-order valence-corrected chi connectivity index (χ2v) is 5.83. The predicted octanol–water partition coefficient (Wildman–Crippen LogP) is 3.31. The first-order valence-corrected chi connectivity index (χ1v) is 5.87. The van der Waals surface area contributed by atoms with E-state index < -0.39 is 0 Å². The molecule has 0 spiro atoms. The fourth-order valence-electron chi connectivity index (χ4n) is 1.63. The number of hydrazine groups is 1. The molecule has 1 aromatic rings. The minimum Gasteiger partial charge on any atom is -0.271 e. The largest absolute Gasteiger partial charge is 0.271 e. The lowest BCUT2D eigenvalue weighted by Gasteiger charge is -2.30. The lowest BCUT2D eigenvalue weighted by molar-refractivity contribution is 0.275. The van der Waals surface area contributed by atoms with Gasteiger partial charge in [0, 0.05) is 4.47 Å². The molecule has 1 aromatic carbocycles. The Balaban J connectivity index is 3.08. The van der Waals surface area contributed by atoms with Crippen molar-refractivity contribution in [1.82, 2.24) is 5.43 Å². The monoisotopic (exact) mass is 270 g/mol. The summed E-state index contributed by atoms with van der Waals surface area (Å²) >= 11 is 3.54. The van der Waals surface area contributed by atoms with Crippen LogP contribution in [0.25, 0.3) is 0 Å². The lowest BCUT2D eigenvalue weighted by Crippen LogP contribution is -2.36. The van der Waals surface area contributed by atoms with Crippen molar-refractivity contribution in [1.29, 1.82) is 0 Å². The van der Waals surface area contributed by atoms with Crippen molar-refractivity contribution in [3.8, 4) is 0 Å². The van der Waals surface area contributed by atoms with Gasteiger partial charge in [0.1, 0.15) is 0 Å². The number of nitrogens with one attached hydrogen (secondary N) is 1. The van der Waals surface area contributed by atoms with Crippen LogP contribution in [-0.4, -0.2) is 0 Å². The van der Waals surface area contributed by atoms with E-state index in [1.165, 1.54) is 11.1 Å². The Hall–Kier alpha value is -0.380. The highest BCUT2D eigenvalue weighted by Gasteiger charge is 2.25. The molecule has 1 atom stereocenters. The highest BCUT2D eigenvalue weighted by Crippen LogP contribution is 2.33. The van der Waals surface area contributed by atoms with Crippen LogP contribution in [0, 0.1) is 12.3 Å². The number of hydrogen-bond acceptors (Lipinski definition) is 2. The standard InChI is InChI=1S/C12H19BrN2/c1-8-5-6-9(7-10(8)13)11(15-14)12(2,3)4/h5-7,11,15H,14H2,1-4H3. The van der Waals surface area contributed by atoms with Crippen LogP contribution in [0.5, 0.6) is 0 Å². The van der Waals surface area contributed by atoms with Gasteiger partial charge in [-0.2, -0.15) is 0 Å². The SMILES string of the molecule is Cc1ccc(C(NN)C(C)(C)C)cc1Br. The fourth-order valence-corrected chi connectivity index (χ4v) is 2.03. The van der Waals surface area contributed by atoms with Gasteiger partial charge >= 0.3 is 0 Å². The maximum absolute atomic E-state index is 5.61. The van der Waals surface area contributed by atoms with Crippen molar-refractivity contribution in [3.05, 3.63) is 33.8 Å². The topological polar surface area (TPSA) is 38.0 Å². The van der Waals surface area contributed by atoms with E-state index in [0.29, 0.717) is 0 Å². The molecule has 0 amide bonds. The molecule has 0 aromatic heterocycles. The van der Waals surface area contributed by atoms with E-state index in [-0.39, 0.29) is 11.5 Å². The summed E-state index contributed by atoms with van der Waals surface area (Å²) in [6.07, 6.45) is 0. The number of halogens is 1. The number of aryl methyl sites for hydroxylation is 1. The molecular formula is C12H19BrN2. The Labute approximate surface area is 100 Å². The third-order valence-corrected chi connectivity index (χ3v) is 3.42. The van der Waals surface area contributed by atoms with Gasteiger partial charge in [0.15, 0.2) is 0 Å². The Bertz CT molecular complexity index is 342. The normalized spacial score (nSPS) is 14.0. The first-order valence-electron chi connectivity index (χ1n) is 5.08. The van der Waals surface area contributed by atoms with E-state index in [1.807, 2.05) is 0 Å². The van der Waals surface area contributed by atoms with Crippen LogP contribution in [0.3, 0.4) is 0 Å². The number of rotatable bonds is 2. The quantitative estimate of drug-likeness (QED) is 0.639. The van der Waals surface area contributed by atoms with E-state index in [0.717, 1.165) is 4.47 Å². The van der Waals surface area contributed by atoms with Gasteiger partial charge in [-0.1, -0.05) is 48.8 Å². The zero-order valence-electron chi connectivity index (χ0n) is 9.76. The van der Waals surface area contributed by atoms with Crippen molar-refractivity contribution < 1.29 is 0 Å². The molecule has 3 N–H and O–H groups in total. The second kappa shape index (κ2) is 4.64. The lowest BCUT2D eigenvalue weighted by atomic mass is 9.82. The van der Waals surface area contributed by atoms with Crippen molar-refractivity contribution in [3.63, 3.8) is 0 Å². The first-order chi connectivity index (χ1) is 6.86. The van der Waals surface area contributed by atoms with Gasteiger partial charge in [-0.05, 0) is 29.5 Å². The molecule has 15 heavy (non-hydrogen) atoms. The van der Waals surface area contributed by atoms with Crippen molar-refractivity contribution in [2.24, 2.45) is 11.3 Å². The Kier molecular flexibility index (Phi) is 3.93. The van der Waals surface area contributed by atoms with E-state index in [4.69, 9.17) is 5.84 Å². The minimum absolute atomic E-state index is 0.101. The maximum Gasteiger partial charge on any atom is 0.0508 e. The molecule has 1 unspecified atom stereocenters. The minimum atomic E-state index is 0.101. The third kappa shape index (κ3) is 3.03. The van der Waals surface area contributed by atoms with Gasteiger partial charge < -0.3 is 0 Å². The summed E-state index contributed by atoms with van der Waals surface area (Å²) in [5.41, 5.74) is 5.43. The first kappa shape index (κ1) is 12.7. The zero-order chi connectivity index (χ0) is 11.6. The summed E-state index contributed by atoms with van der Waals surface area (Å²) in [7, 11) is 0. The van der Waals surface area contributed by atoms with Gasteiger partial charge in [0.05, 0.1) is 6.04 Å². The summed E-state index contributed by atoms with van der Waals surface area (Å²) in [5, 5.41) is 0. The fraction of sp³-hybridized carbons (Fsp3) is 0.500. The van der Waals surface area contributed by atoms with Crippen molar-refractivity contribution in [2.45, 2.75) is 33.7 Å². The molecule has 1 rings (SSSR count). The van der Waals surface area contributed by atoms with Crippen molar-refractivity contribution in [2.75, 3.05) is 0 Å². The Morgan fingerprint density at radius 1 is 1.33 bits per heavy atom. The van der Waals surface area contributed by atoms with Crippen LogP contribution >= 0.6 is 15.9 Å². The van der Waals surface area contributed by atoms with Crippen LogP contribution < -0.4 is 11.3 Å². The van der Waals surface area contributed by atoms with Crippen LogP contribution in [0.2, 0.25) is 0 Å². The summed E-state index contributed by atoms with van der Waals surface area (Å²) in [6, 6.07) is 6.52. The number of nitrogens with two attached hydrogens (primary N) is 1. The highest BCUT2D eigenvalue weighted by atomic mass is 79.9. The smallest absolute Gasteiger partial charge is 0.0508 e. The van der Waals surface area contributed by atoms with E-state index in [9.17, 15) is 0 Å². The van der Waals surface area contributed by atoms with Crippen LogP contribution in [-0.2, 0) is 0 Å². The summed E-state index contributed by atoms with van der Waals surface area (Å²) < 4.78 is 1.13. The molecule has 0 aliphatic heterocycles. The molecule has 0 saturated heterocycles. The molecule has 84 valence electrons. The summed E-state index contributed by atoms with van der Waals surface area (Å²) in [4.78, 5) is 0. The average molecular weight is 271 g/mol. The summed E-state index contributed by atoms with van der Waals surface area (Å²) in [6.45, 7) is 8.59. The van der Waals surface area contributed by atoms with Gasteiger partial charge in [-0.3, -0.25) is 11.3 Å². The number of hydrogen-bond donors (Lipinski definition) is 2. The third-order valence-electron chi connectivity index (χ3n) is 2.56. The molecule has 3 heteroatoms.